The lowest BCUT2D eigenvalue weighted by Crippen LogP contribution is -2.38. The van der Waals surface area contributed by atoms with Gasteiger partial charge in [0.15, 0.2) is 0 Å². The van der Waals surface area contributed by atoms with Crippen molar-refractivity contribution in [1.82, 2.24) is 14.9 Å². The predicted octanol–water partition coefficient (Wildman–Crippen LogP) is 1.02. The summed E-state index contributed by atoms with van der Waals surface area (Å²) in [7, 11) is -0.591. The van der Waals surface area contributed by atoms with Crippen LogP contribution in [0.4, 0.5) is 5.69 Å². The molecule has 2 fully saturated rings. The summed E-state index contributed by atoms with van der Waals surface area (Å²) in [6.07, 6.45) is 4.35. The SMILES string of the molecule is CN(C)S(=O)(=O)c1ccc(N2CCCC2)c(C(=O)NCC2CCCN2)c1. The van der Waals surface area contributed by atoms with Crippen molar-refractivity contribution in [2.24, 2.45) is 0 Å². The lowest BCUT2D eigenvalue weighted by atomic mass is 10.1. The molecule has 26 heavy (non-hydrogen) atoms. The van der Waals surface area contributed by atoms with E-state index in [1.54, 1.807) is 12.1 Å². The van der Waals surface area contributed by atoms with Crippen LogP contribution in [0, 0.1) is 0 Å². The van der Waals surface area contributed by atoms with Crippen molar-refractivity contribution >= 4 is 21.6 Å². The molecule has 0 aromatic heterocycles. The number of carbonyl (C=O) groups excluding carboxylic acids is 1. The van der Waals surface area contributed by atoms with Crippen molar-refractivity contribution in [1.29, 1.82) is 0 Å². The Labute approximate surface area is 155 Å². The van der Waals surface area contributed by atoms with Gasteiger partial charge >= 0.3 is 0 Å². The average Bonchev–Trinajstić information content (AvgIpc) is 3.32. The van der Waals surface area contributed by atoms with Crippen LogP contribution in [0.1, 0.15) is 36.0 Å². The molecule has 3 rings (SSSR count). The van der Waals surface area contributed by atoms with Crippen LogP contribution in [0.15, 0.2) is 23.1 Å². The summed E-state index contributed by atoms with van der Waals surface area (Å²) in [5.74, 6) is -0.212. The van der Waals surface area contributed by atoms with E-state index in [0.29, 0.717) is 18.2 Å². The van der Waals surface area contributed by atoms with Crippen LogP contribution in [-0.2, 0) is 10.0 Å². The van der Waals surface area contributed by atoms with Crippen LogP contribution < -0.4 is 15.5 Å². The molecule has 0 radical (unpaired) electrons. The minimum Gasteiger partial charge on any atom is -0.371 e. The van der Waals surface area contributed by atoms with Crippen LogP contribution >= 0.6 is 0 Å². The highest BCUT2D eigenvalue weighted by atomic mass is 32.2. The van der Waals surface area contributed by atoms with Gasteiger partial charge in [-0.15, -0.1) is 0 Å². The molecule has 144 valence electrons. The Balaban J connectivity index is 1.88. The summed E-state index contributed by atoms with van der Waals surface area (Å²) in [6.45, 7) is 3.33. The van der Waals surface area contributed by atoms with Crippen molar-refractivity contribution in [3.8, 4) is 0 Å². The highest BCUT2D eigenvalue weighted by molar-refractivity contribution is 7.89. The number of nitrogens with one attached hydrogen (secondary N) is 2. The molecule has 2 heterocycles. The summed E-state index contributed by atoms with van der Waals surface area (Å²) in [5.41, 5.74) is 1.25. The molecule has 1 unspecified atom stereocenters. The minimum absolute atomic E-state index is 0.148. The van der Waals surface area contributed by atoms with Gasteiger partial charge in [-0.2, -0.15) is 0 Å². The molecule has 8 heteroatoms. The van der Waals surface area contributed by atoms with E-state index in [4.69, 9.17) is 0 Å². The quantitative estimate of drug-likeness (QED) is 0.770. The van der Waals surface area contributed by atoms with Crippen molar-refractivity contribution < 1.29 is 13.2 Å². The molecule has 0 aliphatic carbocycles. The van der Waals surface area contributed by atoms with Gasteiger partial charge in [-0.3, -0.25) is 4.79 Å². The molecule has 1 atom stereocenters. The van der Waals surface area contributed by atoms with Crippen LogP contribution in [-0.4, -0.2) is 64.9 Å². The van der Waals surface area contributed by atoms with Gasteiger partial charge < -0.3 is 15.5 Å². The van der Waals surface area contributed by atoms with Gasteiger partial charge in [0.2, 0.25) is 10.0 Å². The highest BCUT2D eigenvalue weighted by Gasteiger charge is 2.25. The molecule has 2 saturated heterocycles. The van der Waals surface area contributed by atoms with Crippen molar-refractivity contribution in [2.75, 3.05) is 45.2 Å². The normalized spacial score (nSPS) is 20.7. The first-order valence-corrected chi connectivity index (χ1v) is 10.7. The van der Waals surface area contributed by atoms with E-state index in [1.165, 1.54) is 24.5 Å². The number of benzene rings is 1. The molecule has 0 spiro atoms. The fourth-order valence-corrected chi connectivity index (χ4v) is 4.47. The zero-order valence-corrected chi connectivity index (χ0v) is 16.3. The Morgan fingerprint density at radius 1 is 1.27 bits per heavy atom. The molecule has 1 aromatic carbocycles. The fraction of sp³-hybridized carbons (Fsp3) is 0.611. The Morgan fingerprint density at radius 2 is 2.00 bits per heavy atom. The maximum Gasteiger partial charge on any atom is 0.253 e. The van der Waals surface area contributed by atoms with E-state index in [0.717, 1.165) is 51.0 Å². The van der Waals surface area contributed by atoms with E-state index >= 15 is 0 Å². The monoisotopic (exact) mass is 380 g/mol. The maximum absolute atomic E-state index is 12.9. The molecule has 1 amide bonds. The maximum atomic E-state index is 12.9. The van der Waals surface area contributed by atoms with E-state index in [-0.39, 0.29) is 10.8 Å². The molecule has 2 aliphatic rings. The topological polar surface area (TPSA) is 81.8 Å². The van der Waals surface area contributed by atoms with Crippen LogP contribution in [0.5, 0.6) is 0 Å². The molecule has 7 nitrogen and oxygen atoms in total. The van der Waals surface area contributed by atoms with Crippen LogP contribution in [0.3, 0.4) is 0 Å². The number of nitrogens with zero attached hydrogens (tertiary/aromatic N) is 2. The summed E-state index contributed by atoms with van der Waals surface area (Å²) in [5, 5.41) is 6.33. The molecule has 0 bridgehead atoms. The zero-order valence-electron chi connectivity index (χ0n) is 15.5. The summed E-state index contributed by atoms with van der Waals surface area (Å²) >= 11 is 0. The molecular formula is C18H28N4O3S. The lowest BCUT2D eigenvalue weighted by molar-refractivity contribution is 0.0950. The second kappa shape index (κ2) is 7.94. The third-order valence-corrected chi connectivity index (χ3v) is 6.92. The summed E-state index contributed by atoms with van der Waals surface area (Å²) in [6, 6.07) is 5.17. The first kappa shape index (κ1) is 19.1. The van der Waals surface area contributed by atoms with E-state index < -0.39 is 10.0 Å². The number of anilines is 1. The third-order valence-electron chi connectivity index (χ3n) is 5.11. The molecule has 1 aromatic rings. The van der Waals surface area contributed by atoms with E-state index in [9.17, 15) is 13.2 Å². The Hall–Kier alpha value is -1.64. The second-order valence-electron chi connectivity index (χ2n) is 7.16. The van der Waals surface area contributed by atoms with Gasteiger partial charge in [-0.25, -0.2) is 12.7 Å². The van der Waals surface area contributed by atoms with Crippen molar-refractivity contribution in [2.45, 2.75) is 36.6 Å². The van der Waals surface area contributed by atoms with Gasteiger partial charge in [0.1, 0.15) is 0 Å². The largest absolute Gasteiger partial charge is 0.371 e. The molecular weight excluding hydrogens is 352 g/mol. The average molecular weight is 381 g/mol. The first-order valence-electron chi connectivity index (χ1n) is 9.22. The number of amides is 1. The van der Waals surface area contributed by atoms with Crippen LogP contribution in [0.2, 0.25) is 0 Å². The number of hydrogen-bond acceptors (Lipinski definition) is 5. The van der Waals surface area contributed by atoms with Crippen molar-refractivity contribution in [3.63, 3.8) is 0 Å². The van der Waals surface area contributed by atoms with E-state index in [2.05, 4.69) is 15.5 Å². The molecule has 0 saturated carbocycles. The van der Waals surface area contributed by atoms with Gasteiger partial charge in [0, 0.05) is 45.5 Å². The number of hydrogen-bond donors (Lipinski definition) is 2. The van der Waals surface area contributed by atoms with Crippen molar-refractivity contribution in [3.05, 3.63) is 23.8 Å². The summed E-state index contributed by atoms with van der Waals surface area (Å²) < 4.78 is 26.1. The molecule has 2 N–H and O–H groups in total. The second-order valence-corrected chi connectivity index (χ2v) is 9.32. The van der Waals surface area contributed by atoms with E-state index in [1.807, 2.05) is 0 Å². The van der Waals surface area contributed by atoms with Gasteiger partial charge in [0.25, 0.3) is 5.91 Å². The standard InChI is InChI=1S/C18H28N4O3S/c1-21(2)26(24,25)15-7-8-17(22-10-3-4-11-22)16(12-15)18(23)20-13-14-6-5-9-19-14/h7-8,12,14,19H,3-6,9-11,13H2,1-2H3,(H,20,23). The minimum atomic E-state index is -3.58. The fourth-order valence-electron chi connectivity index (χ4n) is 3.54. The lowest BCUT2D eigenvalue weighted by Gasteiger charge is -2.23. The zero-order chi connectivity index (χ0) is 18.7. The molecule has 2 aliphatic heterocycles. The number of sulfonamides is 1. The number of carbonyl (C=O) groups is 1. The Morgan fingerprint density at radius 3 is 2.62 bits per heavy atom. The van der Waals surface area contributed by atoms with Gasteiger partial charge in [-0.05, 0) is 50.4 Å². The number of rotatable bonds is 6. The Kier molecular flexibility index (Phi) is 5.84. The smallest absolute Gasteiger partial charge is 0.253 e. The summed E-state index contributed by atoms with van der Waals surface area (Å²) in [4.78, 5) is 15.2. The van der Waals surface area contributed by atoms with Crippen LogP contribution in [0.25, 0.3) is 0 Å². The predicted molar refractivity (Wildman–Crippen MR) is 102 cm³/mol. The third kappa shape index (κ3) is 4.02. The highest BCUT2D eigenvalue weighted by Crippen LogP contribution is 2.28. The Bertz CT molecular complexity index is 752. The van der Waals surface area contributed by atoms with Gasteiger partial charge in [-0.1, -0.05) is 0 Å². The van der Waals surface area contributed by atoms with Gasteiger partial charge in [0.05, 0.1) is 10.5 Å². The first-order chi connectivity index (χ1) is 12.4.